The summed E-state index contributed by atoms with van der Waals surface area (Å²) >= 11 is 0. The molecule has 2 rings (SSSR count). The molecular formula is C16H23ClF2N2O4. The molecule has 0 spiro atoms. The van der Waals surface area contributed by atoms with E-state index in [4.69, 9.17) is 9.47 Å². The average molecular weight is 381 g/mol. The molecule has 1 aliphatic rings. The maximum atomic E-state index is 12.7. The second-order valence-corrected chi connectivity index (χ2v) is 5.44. The van der Waals surface area contributed by atoms with E-state index >= 15 is 0 Å². The first-order valence-electron chi connectivity index (χ1n) is 7.67. The maximum absolute atomic E-state index is 12.7. The van der Waals surface area contributed by atoms with E-state index in [0.29, 0.717) is 24.7 Å². The van der Waals surface area contributed by atoms with Crippen molar-refractivity contribution in [3.63, 3.8) is 0 Å². The molecule has 9 heteroatoms. The molecule has 0 unspecified atom stereocenters. The van der Waals surface area contributed by atoms with E-state index in [-0.39, 0.29) is 35.6 Å². The van der Waals surface area contributed by atoms with Gasteiger partial charge in [0.25, 0.3) is 5.91 Å². The van der Waals surface area contributed by atoms with Crippen LogP contribution in [-0.4, -0.2) is 57.8 Å². The Hall–Kier alpha value is -1.80. The number of amides is 1. The maximum Gasteiger partial charge on any atom is 0.387 e. The van der Waals surface area contributed by atoms with Crippen LogP contribution in [0.2, 0.25) is 0 Å². The number of ether oxygens (including phenoxy) is 3. The summed E-state index contributed by atoms with van der Waals surface area (Å²) in [5, 5.41) is 3.20. The second kappa shape index (κ2) is 9.62. The fourth-order valence-electron chi connectivity index (χ4n) is 2.76. The molecule has 142 valence electrons. The number of nitrogens with zero attached hydrogens (tertiary/aromatic N) is 1. The lowest BCUT2D eigenvalue weighted by atomic mass is 10.0. The Bertz CT molecular complexity index is 556. The predicted octanol–water partition coefficient (Wildman–Crippen LogP) is 2.55. The van der Waals surface area contributed by atoms with Gasteiger partial charge in [0.15, 0.2) is 11.5 Å². The highest BCUT2D eigenvalue weighted by Crippen LogP contribution is 2.39. The Balaban J connectivity index is 0.00000312. The van der Waals surface area contributed by atoms with Gasteiger partial charge in [-0.1, -0.05) is 0 Å². The van der Waals surface area contributed by atoms with Crippen molar-refractivity contribution in [2.24, 2.45) is 0 Å². The van der Waals surface area contributed by atoms with E-state index in [2.05, 4.69) is 10.1 Å². The third-order valence-corrected chi connectivity index (χ3v) is 4.10. The van der Waals surface area contributed by atoms with Gasteiger partial charge >= 0.3 is 6.61 Å². The Labute approximate surface area is 151 Å². The molecule has 1 N–H and O–H groups in total. The molecule has 1 fully saturated rings. The SMILES string of the molecule is CNC1CCN(C(=O)c2cc(OC)c(OC(F)F)c(OC)c2)CC1.Cl. The van der Waals surface area contributed by atoms with Gasteiger partial charge < -0.3 is 24.4 Å². The molecular weight excluding hydrogens is 358 g/mol. The van der Waals surface area contributed by atoms with Crippen molar-refractivity contribution < 1.29 is 27.8 Å². The molecule has 25 heavy (non-hydrogen) atoms. The van der Waals surface area contributed by atoms with Crippen molar-refractivity contribution >= 4 is 18.3 Å². The topological polar surface area (TPSA) is 60.0 Å². The van der Waals surface area contributed by atoms with E-state index in [1.165, 1.54) is 26.4 Å². The molecule has 1 aromatic rings. The van der Waals surface area contributed by atoms with Crippen LogP contribution in [0.3, 0.4) is 0 Å². The Morgan fingerprint density at radius 2 is 1.72 bits per heavy atom. The summed E-state index contributed by atoms with van der Waals surface area (Å²) in [7, 11) is 4.54. The first-order valence-corrected chi connectivity index (χ1v) is 7.67. The van der Waals surface area contributed by atoms with Crippen LogP contribution in [0.15, 0.2) is 12.1 Å². The molecule has 1 aromatic carbocycles. The zero-order chi connectivity index (χ0) is 17.7. The number of piperidine rings is 1. The largest absolute Gasteiger partial charge is 0.493 e. The van der Waals surface area contributed by atoms with Crippen molar-refractivity contribution in [3.05, 3.63) is 17.7 Å². The van der Waals surface area contributed by atoms with E-state index in [9.17, 15) is 13.6 Å². The average Bonchev–Trinajstić information content (AvgIpc) is 2.60. The molecule has 1 heterocycles. The second-order valence-electron chi connectivity index (χ2n) is 5.44. The molecule has 0 aliphatic carbocycles. The summed E-state index contributed by atoms with van der Waals surface area (Å²) < 4.78 is 39.7. The lowest BCUT2D eigenvalue weighted by Gasteiger charge is -2.32. The third kappa shape index (κ3) is 5.09. The van der Waals surface area contributed by atoms with Gasteiger partial charge in [0.1, 0.15) is 0 Å². The number of methoxy groups -OCH3 is 2. The zero-order valence-electron chi connectivity index (χ0n) is 14.4. The van der Waals surface area contributed by atoms with Crippen molar-refractivity contribution in [1.82, 2.24) is 10.2 Å². The van der Waals surface area contributed by atoms with Gasteiger partial charge in [0.2, 0.25) is 5.75 Å². The predicted molar refractivity (Wildman–Crippen MR) is 91.4 cm³/mol. The van der Waals surface area contributed by atoms with Crippen LogP contribution in [0.5, 0.6) is 17.2 Å². The minimum absolute atomic E-state index is 0. The van der Waals surface area contributed by atoms with Gasteiger partial charge in [-0.2, -0.15) is 8.78 Å². The summed E-state index contributed by atoms with van der Waals surface area (Å²) in [6, 6.07) is 3.19. The standard InChI is InChI=1S/C16H22F2N2O4.ClH/c1-19-11-4-6-20(7-5-11)15(21)10-8-12(22-2)14(24-16(17)18)13(9-10)23-3;/h8-9,11,16,19H,4-7H2,1-3H3;1H. The van der Waals surface area contributed by atoms with Crippen LogP contribution < -0.4 is 19.5 Å². The molecule has 1 amide bonds. The quantitative estimate of drug-likeness (QED) is 0.822. The number of alkyl halides is 2. The van der Waals surface area contributed by atoms with Gasteiger partial charge in [0, 0.05) is 24.7 Å². The monoisotopic (exact) mass is 380 g/mol. The number of hydrogen-bond acceptors (Lipinski definition) is 5. The van der Waals surface area contributed by atoms with Crippen molar-refractivity contribution in [2.45, 2.75) is 25.5 Å². The molecule has 0 radical (unpaired) electrons. The summed E-state index contributed by atoms with van der Waals surface area (Å²) in [6.07, 6.45) is 1.73. The van der Waals surface area contributed by atoms with Crippen LogP contribution >= 0.6 is 12.4 Å². The Morgan fingerprint density at radius 3 is 2.12 bits per heavy atom. The molecule has 0 atom stereocenters. The number of nitrogens with one attached hydrogen (secondary N) is 1. The smallest absolute Gasteiger partial charge is 0.387 e. The number of likely N-dealkylation sites (tertiary alicyclic amines) is 1. The minimum atomic E-state index is -3.02. The summed E-state index contributed by atoms with van der Waals surface area (Å²) in [5.41, 5.74) is 0.313. The first-order chi connectivity index (χ1) is 11.5. The molecule has 1 aliphatic heterocycles. The van der Waals surface area contributed by atoms with Gasteiger partial charge in [-0.25, -0.2) is 0 Å². The zero-order valence-corrected chi connectivity index (χ0v) is 15.2. The molecule has 0 saturated carbocycles. The fraction of sp³-hybridized carbons (Fsp3) is 0.562. The van der Waals surface area contributed by atoms with E-state index in [0.717, 1.165) is 12.8 Å². The Morgan fingerprint density at radius 1 is 1.20 bits per heavy atom. The van der Waals surface area contributed by atoms with Crippen molar-refractivity contribution in [1.29, 1.82) is 0 Å². The van der Waals surface area contributed by atoms with Crippen molar-refractivity contribution in [3.8, 4) is 17.2 Å². The highest BCUT2D eigenvalue weighted by Gasteiger charge is 2.26. The highest BCUT2D eigenvalue weighted by atomic mass is 35.5. The van der Waals surface area contributed by atoms with Crippen molar-refractivity contribution in [2.75, 3.05) is 34.4 Å². The number of halogens is 3. The fourth-order valence-corrected chi connectivity index (χ4v) is 2.76. The summed E-state index contributed by atoms with van der Waals surface area (Å²) in [5.74, 6) is -0.351. The van der Waals surface area contributed by atoms with Gasteiger partial charge in [0.05, 0.1) is 14.2 Å². The van der Waals surface area contributed by atoms with Crippen LogP contribution in [-0.2, 0) is 0 Å². The lowest BCUT2D eigenvalue weighted by molar-refractivity contribution is -0.0526. The van der Waals surface area contributed by atoms with E-state index < -0.39 is 6.61 Å². The number of carbonyl (C=O) groups excluding carboxylic acids is 1. The van der Waals surface area contributed by atoms with Crippen LogP contribution in [0.4, 0.5) is 8.78 Å². The van der Waals surface area contributed by atoms with E-state index in [1.54, 1.807) is 4.90 Å². The van der Waals surface area contributed by atoms with Gasteiger partial charge in [-0.05, 0) is 32.0 Å². The third-order valence-electron chi connectivity index (χ3n) is 4.10. The van der Waals surface area contributed by atoms with Gasteiger partial charge in [-0.3, -0.25) is 4.79 Å². The number of hydrogen-bond donors (Lipinski definition) is 1. The van der Waals surface area contributed by atoms with Gasteiger partial charge in [-0.15, -0.1) is 12.4 Å². The summed E-state index contributed by atoms with van der Waals surface area (Å²) in [4.78, 5) is 14.4. The number of rotatable bonds is 6. The number of benzene rings is 1. The van der Waals surface area contributed by atoms with E-state index in [1.807, 2.05) is 7.05 Å². The molecule has 0 aromatic heterocycles. The Kier molecular flexibility index (Phi) is 8.18. The van der Waals surface area contributed by atoms with Crippen LogP contribution in [0.25, 0.3) is 0 Å². The van der Waals surface area contributed by atoms with Crippen LogP contribution in [0, 0.1) is 0 Å². The normalized spacial score (nSPS) is 14.9. The molecule has 0 bridgehead atoms. The minimum Gasteiger partial charge on any atom is -0.493 e. The molecule has 1 saturated heterocycles. The first kappa shape index (κ1) is 21.2. The highest BCUT2D eigenvalue weighted by molar-refractivity contribution is 5.95. The summed E-state index contributed by atoms with van der Waals surface area (Å²) in [6.45, 7) is -1.76. The van der Waals surface area contributed by atoms with Crippen LogP contribution in [0.1, 0.15) is 23.2 Å². The lowest BCUT2D eigenvalue weighted by Crippen LogP contribution is -2.43. The number of carbonyl (C=O) groups is 1. The molecule has 6 nitrogen and oxygen atoms in total.